The van der Waals surface area contributed by atoms with Crippen molar-refractivity contribution in [3.05, 3.63) is 48.0 Å². The minimum absolute atomic E-state index is 0. The summed E-state index contributed by atoms with van der Waals surface area (Å²) in [6.07, 6.45) is 0. The predicted octanol–water partition coefficient (Wildman–Crippen LogP) is 1.22. The van der Waals surface area contributed by atoms with Crippen molar-refractivity contribution in [2.45, 2.75) is 0 Å². The van der Waals surface area contributed by atoms with Crippen LogP contribution < -0.4 is 0 Å². The first-order chi connectivity index (χ1) is 7.50. The molecule has 0 bridgehead atoms. The molecule has 0 aliphatic heterocycles. The molecule has 0 amide bonds. The van der Waals surface area contributed by atoms with Crippen molar-refractivity contribution in [1.82, 2.24) is 0 Å². The van der Waals surface area contributed by atoms with Gasteiger partial charge in [-0.2, -0.15) is 8.42 Å². The molecule has 1 N–H and O–H groups in total. The van der Waals surface area contributed by atoms with Crippen molar-refractivity contribution in [2.24, 2.45) is 0 Å². The second kappa shape index (κ2) is 5.29. The maximum atomic E-state index is 11.4. The summed E-state index contributed by atoms with van der Waals surface area (Å²) in [4.78, 5) is 11.4. The molecule has 84 valence electrons. The monoisotopic (exact) mass is 260 g/mol. The van der Waals surface area contributed by atoms with E-state index in [-0.39, 0.29) is 35.1 Å². The molecule has 6 heteroatoms. The maximum absolute atomic E-state index is 11.4. The van der Waals surface area contributed by atoms with E-state index in [4.69, 9.17) is 4.55 Å². The molecule has 0 aliphatic rings. The minimum atomic E-state index is -4.69. The van der Waals surface area contributed by atoms with E-state index in [2.05, 4.69) is 0 Å². The fourth-order valence-electron chi connectivity index (χ4n) is 1.54. The van der Waals surface area contributed by atoms with Crippen LogP contribution in [0.5, 0.6) is 0 Å². The van der Waals surface area contributed by atoms with Gasteiger partial charge >= 0.3 is 44.8 Å². The molecule has 2 aromatic rings. The van der Waals surface area contributed by atoms with Gasteiger partial charge in [0.15, 0.2) is 0 Å². The Balaban J connectivity index is 0.00000144. The number of rotatable bonds is 1. The molecule has 0 atom stereocenters. The molecule has 0 radical (unpaired) electrons. The molecule has 0 saturated carbocycles. The number of hydrogen-bond acceptors (Lipinski definition) is 3. The topological polar surface area (TPSA) is 71.4 Å². The Morgan fingerprint density at radius 1 is 1.00 bits per heavy atom. The second-order valence-electron chi connectivity index (χ2n) is 3.29. The molecule has 0 aromatic heterocycles. The Labute approximate surface area is 121 Å². The quantitative estimate of drug-likeness (QED) is 0.618. The van der Waals surface area contributed by atoms with E-state index in [9.17, 15) is 13.2 Å². The van der Waals surface area contributed by atoms with Gasteiger partial charge < -0.3 is 0 Å². The van der Waals surface area contributed by atoms with E-state index in [1.54, 1.807) is 36.4 Å². The number of carbonyl (C=O) groups is 1. The average molecular weight is 260 g/mol. The fourth-order valence-corrected chi connectivity index (χ4v) is 2.00. The Hall–Kier alpha value is -0.720. The third-order valence-corrected chi connectivity index (χ3v) is 2.93. The first-order valence-electron chi connectivity index (χ1n) is 4.50. The van der Waals surface area contributed by atoms with Crippen LogP contribution in [0.15, 0.2) is 42.5 Å². The van der Waals surface area contributed by atoms with Crippen LogP contribution >= 0.6 is 0 Å². The average Bonchev–Trinajstić information content (AvgIpc) is 2.26. The molecule has 0 spiro atoms. The molecular weight excluding hydrogens is 251 g/mol. The van der Waals surface area contributed by atoms with Gasteiger partial charge in [0, 0.05) is 5.56 Å². The standard InChI is InChI=1S/C11H8O4S.Na.H/c12-11(16(13,14)15)10-7-3-5-8-4-1-2-6-9(8)10;;/h1-7H,(H,13,14,15);;. The Bertz CT molecular complexity index is 659. The normalized spacial score (nSPS) is 10.9. The molecule has 2 aromatic carbocycles. The fraction of sp³-hybridized carbons (Fsp3) is 0. The van der Waals surface area contributed by atoms with E-state index in [1.165, 1.54) is 6.07 Å². The molecule has 0 saturated heterocycles. The third kappa shape index (κ3) is 2.94. The second-order valence-corrected chi connectivity index (χ2v) is 4.61. The summed E-state index contributed by atoms with van der Waals surface area (Å²) in [6.45, 7) is 0. The van der Waals surface area contributed by atoms with Crippen molar-refractivity contribution in [1.29, 1.82) is 0 Å². The van der Waals surface area contributed by atoms with E-state index in [0.29, 0.717) is 5.39 Å². The summed E-state index contributed by atoms with van der Waals surface area (Å²) < 4.78 is 30.3. The third-order valence-electron chi connectivity index (χ3n) is 2.24. The van der Waals surface area contributed by atoms with Crippen molar-refractivity contribution >= 4 is 55.6 Å². The van der Waals surface area contributed by atoms with Gasteiger partial charge in [-0.25, -0.2) is 0 Å². The van der Waals surface area contributed by atoms with E-state index in [1.807, 2.05) is 0 Å². The number of fused-ring (bicyclic) bond motifs is 1. The van der Waals surface area contributed by atoms with Crippen LogP contribution in [0.4, 0.5) is 0 Å². The number of carbonyl (C=O) groups excluding carboxylic acids is 1. The van der Waals surface area contributed by atoms with Crippen molar-refractivity contribution < 1.29 is 17.8 Å². The molecular formula is C11H9NaO4S. The number of benzene rings is 2. The van der Waals surface area contributed by atoms with Gasteiger partial charge in [0.25, 0.3) is 0 Å². The first kappa shape index (κ1) is 14.3. The molecule has 0 heterocycles. The van der Waals surface area contributed by atoms with Crippen LogP contribution in [0.25, 0.3) is 10.8 Å². The summed E-state index contributed by atoms with van der Waals surface area (Å²) >= 11 is 0. The Kier molecular flexibility index (Phi) is 4.46. The molecule has 0 fully saturated rings. The summed E-state index contributed by atoms with van der Waals surface area (Å²) in [6, 6.07) is 11.6. The summed E-state index contributed by atoms with van der Waals surface area (Å²) in [5.41, 5.74) is -0.0133. The molecule has 2 rings (SSSR count). The molecule has 0 unspecified atom stereocenters. The van der Waals surface area contributed by atoms with Gasteiger partial charge in [-0.1, -0.05) is 36.4 Å². The molecule has 0 aliphatic carbocycles. The molecule has 4 nitrogen and oxygen atoms in total. The zero-order valence-electron chi connectivity index (χ0n) is 8.12. The SMILES string of the molecule is O=C(c1cccc2ccccc12)S(=O)(=O)O.[NaH]. The summed E-state index contributed by atoms with van der Waals surface area (Å²) in [5, 5.41) is -0.0195. The van der Waals surface area contributed by atoms with Gasteiger partial charge in [-0.3, -0.25) is 9.35 Å². The van der Waals surface area contributed by atoms with Gasteiger partial charge in [-0.15, -0.1) is 0 Å². The van der Waals surface area contributed by atoms with Gasteiger partial charge in [-0.05, 0) is 16.8 Å². The van der Waals surface area contributed by atoms with Gasteiger partial charge in [0.05, 0.1) is 0 Å². The van der Waals surface area contributed by atoms with Crippen LogP contribution in [0.1, 0.15) is 10.4 Å². The first-order valence-corrected chi connectivity index (χ1v) is 5.94. The van der Waals surface area contributed by atoms with Crippen molar-refractivity contribution in [3.8, 4) is 0 Å². The van der Waals surface area contributed by atoms with Crippen LogP contribution in [-0.2, 0) is 10.1 Å². The Morgan fingerprint density at radius 2 is 1.59 bits per heavy atom. The summed E-state index contributed by atoms with van der Waals surface area (Å²) in [5.74, 6) is 0. The predicted molar refractivity (Wildman–Crippen MR) is 67.0 cm³/mol. The van der Waals surface area contributed by atoms with Crippen LogP contribution in [0, 0.1) is 0 Å². The molecule has 17 heavy (non-hydrogen) atoms. The van der Waals surface area contributed by atoms with E-state index < -0.39 is 15.2 Å². The van der Waals surface area contributed by atoms with Crippen LogP contribution in [0.3, 0.4) is 0 Å². The zero-order valence-corrected chi connectivity index (χ0v) is 8.94. The van der Waals surface area contributed by atoms with Crippen LogP contribution in [-0.4, -0.2) is 47.6 Å². The van der Waals surface area contributed by atoms with Crippen molar-refractivity contribution in [2.75, 3.05) is 0 Å². The zero-order chi connectivity index (χ0) is 11.8. The summed E-state index contributed by atoms with van der Waals surface area (Å²) in [7, 11) is -4.69. The van der Waals surface area contributed by atoms with Crippen LogP contribution in [0.2, 0.25) is 0 Å². The van der Waals surface area contributed by atoms with Crippen molar-refractivity contribution in [3.63, 3.8) is 0 Å². The number of hydrogen-bond donors (Lipinski definition) is 1. The van der Waals surface area contributed by atoms with Gasteiger partial charge in [0.1, 0.15) is 0 Å². The van der Waals surface area contributed by atoms with Gasteiger partial charge in [0.2, 0.25) is 0 Å². The Morgan fingerprint density at radius 3 is 2.24 bits per heavy atom. The van der Waals surface area contributed by atoms with E-state index >= 15 is 0 Å². The van der Waals surface area contributed by atoms with E-state index in [0.717, 1.165) is 5.39 Å².